The van der Waals surface area contributed by atoms with E-state index in [1.165, 1.54) is 6.42 Å². The number of nitrogens with one attached hydrogen (secondary N) is 1. The lowest BCUT2D eigenvalue weighted by molar-refractivity contribution is -0.130. The molecular formula is C24H33NO3. The molecule has 0 unspecified atom stereocenters. The topological polar surface area (TPSA) is 55.4 Å². The Labute approximate surface area is 168 Å². The summed E-state index contributed by atoms with van der Waals surface area (Å²) in [6, 6.07) is 8.79. The average Bonchev–Trinajstić information content (AvgIpc) is 2.69. The normalized spacial score (nSPS) is 30.1. The molecule has 2 aliphatic carbocycles. The summed E-state index contributed by atoms with van der Waals surface area (Å²) in [6.07, 6.45) is 8.59. The Kier molecular flexibility index (Phi) is 6.93. The van der Waals surface area contributed by atoms with Gasteiger partial charge in [0, 0.05) is 5.92 Å². The first-order valence-electron chi connectivity index (χ1n) is 10.7. The van der Waals surface area contributed by atoms with E-state index in [2.05, 4.69) is 32.2 Å². The standard InChI is InChI=1S/C24H33NO3/c1-16(2)19-14-13-17(3)15-20(19)23(26)25-21-11-7-8-12-22(21)28-24(27)18-9-5-4-6-10-18/h4-7,9-11,16-17,19-22H,8,12-15H2,1-3H3,(H,25,26)/t17-,19+,20-,21+,22+/m1/s1. The van der Waals surface area contributed by atoms with E-state index in [1.807, 2.05) is 24.3 Å². The van der Waals surface area contributed by atoms with Gasteiger partial charge < -0.3 is 10.1 Å². The van der Waals surface area contributed by atoms with Gasteiger partial charge in [-0.1, -0.05) is 57.5 Å². The lowest BCUT2D eigenvalue weighted by atomic mass is 9.69. The fourth-order valence-electron chi connectivity index (χ4n) is 4.63. The van der Waals surface area contributed by atoms with Crippen molar-refractivity contribution in [2.45, 2.75) is 65.0 Å². The van der Waals surface area contributed by atoms with Crippen molar-refractivity contribution in [2.75, 3.05) is 0 Å². The largest absolute Gasteiger partial charge is 0.456 e. The summed E-state index contributed by atoms with van der Waals surface area (Å²) < 4.78 is 5.77. The van der Waals surface area contributed by atoms with Crippen LogP contribution in [0.4, 0.5) is 0 Å². The molecule has 0 aliphatic heterocycles. The Morgan fingerprint density at radius 1 is 1.11 bits per heavy atom. The molecule has 1 amide bonds. The lowest BCUT2D eigenvalue weighted by Gasteiger charge is -2.38. The SMILES string of the molecule is CC(C)[C@@H]1CC[C@@H](C)C[C@H]1C(=O)N[C@H]1C=CCC[C@@H]1OC(=O)c1ccccc1. The molecule has 1 aromatic carbocycles. The first-order valence-corrected chi connectivity index (χ1v) is 10.7. The second kappa shape index (κ2) is 9.40. The van der Waals surface area contributed by atoms with E-state index in [1.54, 1.807) is 12.1 Å². The second-order valence-electron chi connectivity index (χ2n) is 8.78. The maximum atomic E-state index is 13.1. The van der Waals surface area contributed by atoms with Gasteiger partial charge in [0.05, 0.1) is 11.6 Å². The predicted molar refractivity (Wildman–Crippen MR) is 111 cm³/mol. The summed E-state index contributed by atoms with van der Waals surface area (Å²) in [4.78, 5) is 25.6. The van der Waals surface area contributed by atoms with Crippen LogP contribution in [0.25, 0.3) is 0 Å². The van der Waals surface area contributed by atoms with Crippen LogP contribution in [0.15, 0.2) is 42.5 Å². The third kappa shape index (κ3) is 5.03. The molecule has 4 heteroatoms. The predicted octanol–water partition coefficient (Wildman–Crippen LogP) is 4.76. The van der Waals surface area contributed by atoms with E-state index < -0.39 is 0 Å². The summed E-state index contributed by atoms with van der Waals surface area (Å²) in [5, 5.41) is 3.20. The summed E-state index contributed by atoms with van der Waals surface area (Å²) >= 11 is 0. The Morgan fingerprint density at radius 2 is 1.86 bits per heavy atom. The number of esters is 1. The molecule has 0 aromatic heterocycles. The molecule has 0 radical (unpaired) electrons. The van der Waals surface area contributed by atoms with E-state index in [0.717, 1.165) is 25.7 Å². The molecule has 1 saturated carbocycles. The van der Waals surface area contributed by atoms with E-state index >= 15 is 0 Å². The molecule has 4 nitrogen and oxygen atoms in total. The molecular weight excluding hydrogens is 350 g/mol. The first kappa shape index (κ1) is 20.6. The molecule has 152 valence electrons. The highest BCUT2D eigenvalue weighted by Gasteiger charge is 2.37. The molecule has 5 atom stereocenters. The van der Waals surface area contributed by atoms with Crippen molar-refractivity contribution in [1.82, 2.24) is 5.32 Å². The van der Waals surface area contributed by atoms with Crippen LogP contribution in [-0.4, -0.2) is 24.0 Å². The van der Waals surface area contributed by atoms with Gasteiger partial charge in [-0.2, -0.15) is 0 Å². The van der Waals surface area contributed by atoms with Crippen LogP contribution >= 0.6 is 0 Å². The van der Waals surface area contributed by atoms with Gasteiger partial charge in [-0.15, -0.1) is 0 Å². The van der Waals surface area contributed by atoms with Crippen LogP contribution in [0, 0.1) is 23.7 Å². The van der Waals surface area contributed by atoms with E-state index in [-0.39, 0.29) is 29.9 Å². The van der Waals surface area contributed by atoms with E-state index in [0.29, 0.717) is 23.3 Å². The number of carbonyl (C=O) groups excluding carboxylic acids is 2. The first-order chi connectivity index (χ1) is 13.5. The minimum absolute atomic E-state index is 0.0459. The smallest absolute Gasteiger partial charge is 0.338 e. The van der Waals surface area contributed by atoms with Crippen molar-refractivity contribution in [3.63, 3.8) is 0 Å². The third-order valence-corrected chi connectivity index (χ3v) is 6.30. The molecule has 0 saturated heterocycles. The van der Waals surface area contributed by atoms with E-state index in [4.69, 9.17) is 4.74 Å². The third-order valence-electron chi connectivity index (χ3n) is 6.30. The van der Waals surface area contributed by atoms with E-state index in [9.17, 15) is 9.59 Å². The number of hydrogen-bond acceptors (Lipinski definition) is 3. The average molecular weight is 384 g/mol. The highest BCUT2D eigenvalue weighted by atomic mass is 16.5. The Hall–Kier alpha value is -2.10. The van der Waals surface area contributed by atoms with Gasteiger partial charge in [-0.05, 0) is 55.6 Å². The highest BCUT2D eigenvalue weighted by molar-refractivity contribution is 5.89. The van der Waals surface area contributed by atoms with Gasteiger partial charge in [0.2, 0.25) is 5.91 Å². The molecule has 0 spiro atoms. The lowest BCUT2D eigenvalue weighted by Crippen LogP contribution is -2.49. The quantitative estimate of drug-likeness (QED) is 0.589. The number of rotatable bonds is 5. The van der Waals surface area contributed by atoms with Gasteiger partial charge in [0.15, 0.2) is 0 Å². The van der Waals surface area contributed by atoms with Crippen LogP contribution in [0.5, 0.6) is 0 Å². The number of hydrogen-bond donors (Lipinski definition) is 1. The molecule has 0 bridgehead atoms. The molecule has 1 N–H and O–H groups in total. The van der Waals surface area contributed by atoms with Crippen LogP contribution in [0.2, 0.25) is 0 Å². The zero-order chi connectivity index (χ0) is 20.1. The van der Waals surface area contributed by atoms with Gasteiger partial charge >= 0.3 is 5.97 Å². The zero-order valence-electron chi connectivity index (χ0n) is 17.3. The maximum Gasteiger partial charge on any atom is 0.338 e. The minimum atomic E-state index is -0.327. The molecule has 1 fully saturated rings. The number of ether oxygens (including phenoxy) is 1. The molecule has 3 rings (SSSR count). The summed E-state index contributed by atoms with van der Waals surface area (Å²) in [7, 11) is 0. The second-order valence-corrected chi connectivity index (χ2v) is 8.78. The highest BCUT2D eigenvalue weighted by Crippen LogP contribution is 2.38. The Bertz CT molecular complexity index is 697. The monoisotopic (exact) mass is 383 g/mol. The summed E-state index contributed by atoms with van der Waals surface area (Å²) in [5.41, 5.74) is 0.545. The summed E-state index contributed by atoms with van der Waals surface area (Å²) in [5.74, 6) is 1.34. The van der Waals surface area contributed by atoms with Crippen molar-refractivity contribution in [3.8, 4) is 0 Å². The number of carbonyl (C=O) groups is 2. The maximum absolute atomic E-state index is 13.1. The van der Waals surface area contributed by atoms with Crippen molar-refractivity contribution < 1.29 is 14.3 Å². The fraction of sp³-hybridized carbons (Fsp3) is 0.583. The van der Waals surface area contributed by atoms with Crippen molar-refractivity contribution >= 4 is 11.9 Å². The van der Waals surface area contributed by atoms with Gasteiger partial charge in [0.1, 0.15) is 6.10 Å². The Morgan fingerprint density at radius 3 is 2.57 bits per heavy atom. The van der Waals surface area contributed by atoms with Crippen molar-refractivity contribution in [3.05, 3.63) is 48.0 Å². The number of allylic oxidation sites excluding steroid dienone is 1. The van der Waals surface area contributed by atoms with Crippen molar-refractivity contribution in [2.24, 2.45) is 23.7 Å². The molecule has 0 heterocycles. The molecule has 2 aliphatic rings. The number of benzene rings is 1. The van der Waals surface area contributed by atoms with Crippen LogP contribution in [0.3, 0.4) is 0 Å². The Balaban J connectivity index is 1.66. The number of amides is 1. The molecule has 28 heavy (non-hydrogen) atoms. The minimum Gasteiger partial charge on any atom is -0.456 e. The van der Waals surface area contributed by atoms with Crippen molar-refractivity contribution in [1.29, 1.82) is 0 Å². The van der Waals surface area contributed by atoms with Gasteiger partial charge in [-0.3, -0.25) is 4.79 Å². The van der Waals surface area contributed by atoms with Crippen LogP contribution in [0.1, 0.15) is 63.2 Å². The summed E-state index contributed by atoms with van der Waals surface area (Å²) in [6.45, 7) is 6.67. The van der Waals surface area contributed by atoms with Gasteiger partial charge in [0.25, 0.3) is 0 Å². The zero-order valence-corrected chi connectivity index (χ0v) is 17.3. The molecule has 1 aromatic rings. The fourth-order valence-corrected chi connectivity index (χ4v) is 4.63. The van der Waals surface area contributed by atoms with Crippen LogP contribution < -0.4 is 5.32 Å². The van der Waals surface area contributed by atoms with Gasteiger partial charge in [-0.25, -0.2) is 4.79 Å². The van der Waals surface area contributed by atoms with Crippen LogP contribution in [-0.2, 0) is 9.53 Å².